The molecule has 1 unspecified atom stereocenters. The molecule has 0 bridgehead atoms. The standard InChI is InChI=1S/C11H18FN/c1-11(2,3)6-4-7-13-8-5-10(12)9-13/h10H,5,7-9H2,1-3H3. The average Bonchev–Trinajstić information content (AvgIpc) is 2.33. The van der Waals surface area contributed by atoms with Crippen LogP contribution < -0.4 is 0 Å². The monoisotopic (exact) mass is 183 g/mol. The number of nitrogens with zero attached hydrogens (tertiary/aromatic N) is 1. The molecule has 0 aromatic carbocycles. The Bertz CT molecular complexity index is 218. The number of hydrogen-bond acceptors (Lipinski definition) is 1. The zero-order valence-corrected chi connectivity index (χ0v) is 8.73. The fraction of sp³-hybridized carbons (Fsp3) is 0.818. The Hall–Kier alpha value is -0.550. The van der Waals surface area contributed by atoms with Crippen LogP contribution in [0.1, 0.15) is 27.2 Å². The van der Waals surface area contributed by atoms with Crippen LogP contribution in [0.25, 0.3) is 0 Å². The number of hydrogen-bond donors (Lipinski definition) is 0. The zero-order chi connectivity index (χ0) is 9.90. The van der Waals surface area contributed by atoms with Gasteiger partial charge >= 0.3 is 0 Å². The van der Waals surface area contributed by atoms with E-state index < -0.39 is 6.17 Å². The van der Waals surface area contributed by atoms with Gasteiger partial charge in [-0.25, -0.2) is 4.39 Å². The predicted molar refractivity (Wildman–Crippen MR) is 53.2 cm³/mol. The minimum Gasteiger partial charge on any atom is -0.289 e. The van der Waals surface area contributed by atoms with Crippen molar-refractivity contribution in [3.63, 3.8) is 0 Å². The van der Waals surface area contributed by atoms with Gasteiger partial charge in [0, 0.05) is 18.5 Å². The molecule has 0 radical (unpaired) electrons. The van der Waals surface area contributed by atoms with E-state index in [-0.39, 0.29) is 5.41 Å². The van der Waals surface area contributed by atoms with E-state index in [1.165, 1.54) is 0 Å². The highest BCUT2D eigenvalue weighted by molar-refractivity contribution is 5.09. The maximum Gasteiger partial charge on any atom is 0.114 e. The molecule has 0 aromatic rings. The second kappa shape index (κ2) is 4.11. The second-order valence-corrected chi connectivity index (χ2v) is 4.67. The Morgan fingerprint density at radius 2 is 2.15 bits per heavy atom. The molecule has 1 aliphatic rings. The van der Waals surface area contributed by atoms with Crippen molar-refractivity contribution < 1.29 is 4.39 Å². The first-order valence-corrected chi connectivity index (χ1v) is 4.84. The Morgan fingerprint density at radius 3 is 2.62 bits per heavy atom. The van der Waals surface area contributed by atoms with Gasteiger partial charge in [0.1, 0.15) is 6.17 Å². The Balaban J connectivity index is 2.29. The molecule has 0 aromatic heterocycles. The van der Waals surface area contributed by atoms with Crippen LogP contribution in [0, 0.1) is 17.3 Å². The van der Waals surface area contributed by atoms with Crippen LogP contribution >= 0.6 is 0 Å². The van der Waals surface area contributed by atoms with Crippen LogP contribution in [-0.4, -0.2) is 30.7 Å². The maximum atomic E-state index is 12.7. The molecular weight excluding hydrogens is 165 g/mol. The van der Waals surface area contributed by atoms with Crippen molar-refractivity contribution in [2.75, 3.05) is 19.6 Å². The lowest BCUT2D eigenvalue weighted by molar-refractivity contribution is 0.308. The van der Waals surface area contributed by atoms with Crippen molar-refractivity contribution in [1.29, 1.82) is 0 Å². The third-order valence-electron chi connectivity index (χ3n) is 1.98. The average molecular weight is 183 g/mol. The summed E-state index contributed by atoms with van der Waals surface area (Å²) in [6.45, 7) is 8.41. The molecule has 1 nitrogen and oxygen atoms in total. The summed E-state index contributed by atoms with van der Waals surface area (Å²) in [5.41, 5.74) is 0.0643. The number of alkyl halides is 1. The van der Waals surface area contributed by atoms with Gasteiger partial charge in [-0.15, -0.1) is 0 Å². The maximum absolute atomic E-state index is 12.7. The van der Waals surface area contributed by atoms with Gasteiger partial charge < -0.3 is 0 Å². The Morgan fingerprint density at radius 1 is 1.46 bits per heavy atom. The van der Waals surface area contributed by atoms with Crippen molar-refractivity contribution >= 4 is 0 Å². The molecule has 1 atom stereocenters. The molecule has 1 heterocycles. The van der Waals surface area contributed by atoms with Crippen molar-refractivity contribution in [3.05, 3.63) is 0 Å². The van der Waals surface area contributed by atoms with Crippen LogP contribution in [0.2, 0.25) is 0 Å². The fourth-order valence-corrected chi connectivity index (χ4v) is 1.35. The lowest BCUT2D eigenvalue weighted by Crippen LogP contribution is -2.21. The highest BCUT2D eigenvalue weighted by atomic mass is 19.1. The first-order valence-electron chi connectivity index (χ1n) is 4.84. The molecular formula is C11H18FN. The molecule has 0 amide bonds. The minimum absolute atomic E-state index is 0.0643. The summed E-state index contributed by atoms with van der Waals surface area (Å²) < 4.78 is 12.7. The zero-order valence-electron chi connectivity index (χ0n) is 8.73. The topological polar surface area (TPSA) is 3.24 Å². The molecule has 74 valence electrons. The fourth-order valence-electron chi connectivity index (χ4n) is 1.35. The van der Waals surface area contributed by atoms with E-state index in [0.29, 0.717) is 13.0 Å². The largest absolute Gasteiger partial charge is 0.289 e. The van der Waals surface area contributed by atoms with Crippen LogP contribution in [0.5, 0.6) is 0 Å². The summed E-state index contributed by atoms with van der Waals surface area (Å²) in [5.74, 6) is 6.25. The van der Waals surface area contributed by atoms with Crippen molar-refractivity contribution in [3.8, 4) is 11.8 Å². The van der Waals surface area contributed by atoms with E-state index >= 15 is 0 Å². The lowest BCUT2D eigenvalue weighted by Gasteiger charge is -2.11. The van der Waals surface area contributed by atoms with Gasteiger partial charge in [-0.05, 0) is 27.2 Å². The van der Waals surface area contributed by atoms with Gasteiger partial charge in [0.2, 0.25) is 0 Å². The minimum atomic E-state index is -0.628. The Labute approximate surface area is 80.3 Å². The second-order valence-electron chi connectivity index (χ2n) is 4.67. The first-order chi connectivity index (χ1) is 5.97. The molecule has 0 N–H and O–H groups in total. The smallest absolute Gasteiger partial charge is 0.114 e. The van der Waals surface area contributed by atoms with Crippen molar-refractivity contribution in [2.45, 2.75) is 33.4 Å². The summed E-state index contributed by atoms with van der Waals surface area (Å²) in [4.78, 5) is 2.07. The third kappa shape index (κ3) is 4.28. The molecule has 2 heteroatoms. The number of halogens is 1. The van der Waals surface area contributed by atoms with E-state index in [2.05, 4.69) is 37.5 Å². The quantitative estimate of drug-likeness (QED) is 0.563. The van der Waals surface area contributed by atoms with Gasteiger partial charge in [-0.2, -0.15) is 0 Å². The van der Waals surface area contributed by atoms with E-state index in [0.717, 1.165) is 13.1 Å². The van der Waals surface area contributed by atoms with Crippen LogP contribution in [-0.2, 0) is 0 Å². The molecule has 1 saturated heterocycles. The molecule has 13 heavy (non-hydrogen) atoms. The van der Waals surface area contributed by atoms with Crippen LogP contribution in [0.3, 0.4) is 0 Å². The van der Waals surface area contributed by atoms with E-state index in [4.69, 9.17) is 0 Å². The molecule has 0 saturated carbocycles. The summed E-state index contributed by atoms with van der Waals surface area (Å²) in [5, 5.41) is 0. The molecule has 1 aliphatic heterocycles. The summed E-state index contributed by atoms with van der Waals surface area (Å²) in [6, 6.07) is 0. The SMILES string of the molecule is CC(C)(C)C#CCN1CCC(F)C1. The van der Waals surface area contributed by atoms with Gasteiger partial charge in [0.15, 0.2) is 0 Å². The summed E-state index contributed by atoms with van der Waals surface area (Å²) in [7, 11) is 0. The lowest BCUT2D eigenvalue weighted by atomic mass is 9.98. The van der Waals surface area contributed by atoms with Crippen molar-refractivity contribution in [1.82, 2.24) is 4.90 Å². The van der Waals surface area contributed by atoms with Gasteiger partial charge in [-0.1, -0.05) is 11.8 Å². The molecule has 1 rings (SSSR count). The molecule has 0 spiro atoms. The van der Waals surface area contributed by atoms with Crippen LogP contribution in [0.4, 0.5) is 4.39 Å². The highest BCUT2D eigenvalue weighted by Gasteiger charge is 2.20. The molecule has 1 fully saturated rings. The molecule has 0 aliphatic carbocycles. The van der Waals surface area contributed by atoms with E-state index in [1.807, 2.05) is 0 Å². The van der Waals surface area contributed by atoms with Gasteiger partial charge in [0.25, 0.3) is 0 Å². The number of likely N-dealkylation sites (tertiary alicyclic amines) is 1. The highest BCUT2D eigenvalue weighted by Crippen LogP contribution is 2.12. The normalized spacial score (nSPS) is 24.2. The van der Waals surface area contributed by atoms with Crippen LogP contribution in [0.15, 0.2) is 0 Å². The first kappa shape index (κ1) is 10.5. The summed E-state index contributed by atoms with van der Waals surface area (Å²) in [6.07, 6.45) is 0.0495. The summed E-state index contributed by atoms with van der Waals surface area (Å²) >= 11 is 0. The van der Waals surface area contributed by atoms with Gasteiger partial charge in [0.05, 0.1) is 6.54 Å². The number of rotatable bonds is 1. The predicted octanol–water partition coefficient (Wildman–Crippen LogP) is 2.08. The van der Waals surface area contributed by atoms with Gasteiger partial charge in [-0.3, -0.25) is 4.90 Å². The third-order valence-corrected chi connectivity index (χ3v) is 1.98. The van der Waals surface area contributed by atoms with Crippen molar-refractivity contribution in [2.24, 2.45) is 5.41 Å². The van der Waals surface area contributed by atoms with E-state index in [9.17, 15) is 4.39 Å². The van der Waals surface area contributed by atoms with E-state index in [1.54, 1.807) is 0 Å². The Kier molecular flexibility index (Phi) is 3.33.